The first kappa shape index (κ1) is 13.1. The maximum absolute atomic E-state index is 12.7. The number of carbonyl (C=O) groups excluding carboxylic acids is 1. The van der Waals surface area contributed by atoms with Crippen LogP contribution in [0.2, 0.25) is 0 Å². The zero-order valence-electron chi connectivity index (χ0n) is 11.7. The van der Waals surface area contributed by atoms with Crippen molar-refractivity contribution in [3.8, 4) is 6.07 Å². The van der Waals surface area contributed by atoms with E-state index in [-0.39, 0.29) is 12.2 Å². The van der Waals surface area contributed by atoms with Crippen molar-refractivity contribution >= 4 is 16.7 Å². The molecule has 0 unspecified atom stereocenters. The zero-order valence-corrected chi connectivity index (χ0v) is 11.7. The van der Waals surface area contributed by atoms with Crippen LogP contribution in [0.25, 0.3) is 10.9 Å². The largest absolute Gasteiger partial charge is 0.352 e. The van der Waals surface area contributed by atoms with Crippen molar-refractivity contribution in [1.29, 1.82) is 5.26 Å². The molecule has 0 spiro atoms. The zero-order chi connectivity index (χ0) is 14.8. The fraction of sp³-hybridized carbons (Fsp3) is 0.111. The predicted molar refractivity (Wildman–Crippen MR) is 82.2 cm³/mol. The molecule has 0 fully saturated rings. The standard InChI is InChI=1S/C18H14N2O/c1-12-7-8-16-15(11-12)14(9-10-19)17(20-16)18(21)13-5-3-2-4-6-13/h2-8,11,20H,9H2,1H3. The highest BCUT2D eigenvalue weighted by Gasteiger charge is 2.18. The minimum atomic E-state index is -0.0743. The Kier molecular flexibility index (Phi) is 3.29. The number of hydrogen-bond acceptors (Lipinski definition) is 2. The average molecular weight is 274 g/mol. The lowest BCUT2D eigenvalue weighted by Crippen LogP contribution is -2.04. The minimum Gasteiger partial charge on any atom is -0.352 e. The molecule has 0 amide bonds. The molecule has 0 bridgehead atoms. The lowest BCUT2D eigenvalue weighted by Gasteiger charge is -2.01. The summed E-state index contributed by atoms with van der Waals surface area (Å²) in [5.74, 6) is -0.0743. The molecule has 3 rings (SSSR count). The summed E-state index contributed by atoms with van der Waals surface area (Å²) in [5.41, 5.74) is 3.93. The fourth-order valence-corrected chi connectivity index (χ4v) is 2.55. The lowest BCUT2D eigenvalue weighted by molar-refractivity contribution is 0.103. The predicted octanol–water partition coefficient (Wildman–Crippen LogP) is 3.77. The number of H-pyrrole nitrogens is 1. The number of ketones is 1. The van der Waals surface area contributed by atoms with Gasteiger partial charge in [-0.2, -0.15) is 5.26 Å². The van der Waals surface area contributed by atoms with Crippen LogP contribution in [0.1, 0.15) is 27.2 Å². The quantitative estimate of drug-likeness (QED) is 0.739. The Morgan fingerprint density at radius 1 is 1.19 bits per heavy atom. The molecule has 0 radical (unpaired) electrons. The molecule has 0 aliphatic heterocycles. The number of aromatic amines is 1. The summed E-state index contributed by atoms with van der Waals surface area (Å²) in [6.45, 7) is 2.00. The van der Waals surface area contributed by atoms with Crippen molar-refractivity contribution in [2.24, 2.45) is 0 Å². The fourth-order valence-electron chi connectivity index (χ4n) is 2.55. The molecule has 0 saturated heterocycles. The van der Waals surface area contributed by atoms with Crippen LogP contribution in [-0.2, 0) is 6.42 Å². The summed E-state index contributed by atoms with van der Waals surface area (Å²) in [7, 11) is 0. The Morgan fingerprint density at radius 3 is 2.67 bits per heavy atom. The molecule has 1 N–H and O–H groups in total. The first-order chi connectivity index (χ1) is 10.2. The highest BCUT2D eigenvalue weighted by molar-refractivity contribution is 6.11. The lowest BCUT2D eigenvalue weighted by atomic mass is 10.0. The number of carbonyl (C=O) groups is 1. The molecule has 21 heavy (non-hydrogen) atoms. The second kappa shape index (κ2) is 5.26. The number of benzene rings is 2. The normalized spacial score (nSPS) is 10.5. The van der Waals surface area contributed by atoms with Gasteiger partial charge in [-0.15, -0.1) is 0 Å². The third-order valence-electron chi connectivity index (χ3n) is 3.58. The van der Waals surface area contributed by atoms with Crippen LogP contribution < -0.4 is 0 Å². The van der Waals surface area contributed by atoms with Crippen LogP contribution in [-0.4, -0.2) is 10.8 Å². The van der Waals surface area contributed by atoms with E-state index < -0.39 is 0 Å². The van der Waals surface area contributed by atoms with Crippen molar-refractivity contribution in [2.75, 3.05) is 0 Å². The molecule has 3 aromatic rings. The molecular formula is C18H14N2O. The Balaban J connectivity index is 2.20. The Bertz CT molecular complexity index is 854. The van der Waals surface area contributed by atoms with Gasteiger partial charge in [0.05, 0.1) is 18.2 Å². The highest BCUT2D eigenvalue weighted by Crippen LogP contribution is 2.26. The smallest absolute Gasteiger partial charge is 0.209 e. The molecule has 102 valence electrons. The van der Waals surface area contributed by atoms with Crippen LogP contribution in [0.5, 0.6) is 0 Å². The van der Waals surface area contributed by atoms with Crippen molar-refractivity contribution in [1.82, 2.24) is 4.98 Å². The van der Waals surface area contributed by atoms with Crippen LogP contribution >= 0.6 is 0 Å². The topological polar surface area (TPSA) is 56.6 Å². The summed E-state index contributed by atoms with van der Waals surface area (Å²) in [5, 5.41) is 10.0. The summed E-state index contributed by atoms with van der Waals surface area (Å²) >= 11 is 0. The Morgan fingerprint density at radius 2 is 1.95 bits per heavy atom. The summed E-state index contributed by atoms with van der Waals surface area (Å²) in [6.07, 6.45) is 0.220. The minimum absolute atomic E-state index is 0.0743. The van der Waals surface area contributed by atoms with Gasteiger partial charge in [-0.3, -0.25) is 4.79 Å². The second-order valence-corrected chi connectivity index (χ2v) is 5.06. The number of aryl methyl sites for hydroxylation is 1. The van der Waals surface area contributed by atoms with E-state index in [1.165, 1.54) is 0 Å². The SMILES string of the molecule is Cc1ccc2[nH]c(C(=O)c3ccccc3)c(CC#N)c2c1. The van der Waals surface area contributed by atoms with E-state index in [1.54, 1.807) is 12.1 Å². The highest BCUT2D eigenvalue weighted by atomic mass is 16.1. The van der Waals surface area contributed by atoms with Crippen LogP contribution in [0.3, 0.4) is 0 Å². The number of rotatable bonds is 3. The van der Waals surface area contributed by atoms with Gasteiger partial charge in [0.1, 0.15) is 0 Å². The van der Waals surface area contributed by atoms with E-state index in [2.05, 4.69) is 11.1 Å². The van der Waals surface area contributed by atoms with Gasteiger partial charge in [-0.1, -0.05) is 42.0 Å². The molecule has 1 aromatic heterocycles. The maximum Gasteiger partial charge on any atom is 0.209 e. The third kappa shape index (κ3) is 2.32. The molecule has 2 aromatic carbocycles. The van der Waals surface area contributed by atoms with E-state index >= 15 is 0 Å². The molecule has 0 saturated carbocycles. The monoisotopic (exact) mass is 274 g/mol. The van der Waals surface area contributed by atoms with E-state index in [0.717, 1.165) is 22.0 Å². The number of aromatic nitrogens is 1. The maximum atomic E-state index is 12.7. The molecule has 3 heteroatoms. The number of nitriles is 1. The van der Waals surface area contributed by atoms with Crippen LogP contribution in [0.15, 0.2) is 48.5 Å². The first-order valence-electron chi connectivity index (χ1n) is 6.78. The average Bonchev–Trinajstić information content (AvgIpc) is 2.86. The Labute approximate surface area is 122 Å². The summed E-state index contributed by atoms with van der Waals surface area (Å²) < 4.78 is 0. The van der Waals surface area contributed by atoms with E-state index in [1.807, 2.05) is 43.3 Å². The third-order valence-corrected chi connectivity index (χ3v) is 3.58. The van der Waals surface area contributed by atoms with Gasteiger partial charge in [0.15, 0.2) is 0 Å². The number of nitrogens with one attached hydrogen (secondary N) is 1. The molecule has 0 aliphatic rings. The molecular weight excluding hydrogens is 260 g/mol. The molecule has 0 aliphatic carbocycles. The van der Waals surface area contributed by atoms with Gasteiger partial charge in [0.2, 0.25) is 5.78 Å². The van der Waals surface area contributed by atoms with Gasteiger partial charge >= 0.3 is 0 Å². The van der Waals surface area contributed by atoms with Crippen LogP contribution in [0, 0.1) is 18.3 Å². The first-order valence-corrected chi connectivity index (χ1v) is 6.78. The van der Waals surface area contributed by atoms with Crippen molar-refractivity contribution in [2.45, 2.75) is 13.3 Å². The van der Waals surface area contributed by atoms with Gasteiger partial charge in [0.25, 0.3) is 0 Å². The van der Waals surface area contributed by atoms with Gasteiger partial charge in [-0.25, -0.2) is 0 Å². The van der Waals surface area contributed by atoms with E-state index in [9.17, 15) is 4.79 Å². The Hall–Kier alpha value is -2.86. The number of hydrogen-bond donors (Lipinski definition) is 1. The van der Waals surface area contributed by atoms with Gasteiger partial charge in [-0.05, 0) is 19.1 Å². The van der Waals surface area contributed by atoms with Crippen LogP contribution in [0.4, 0.5) is 0 Å². The number of fused-ring (bicyclic) bond motifs is 1. The van der Waals surface area contributed by atoms with Gasteiger partial charge < -0.3 is 4.98 Å². The second-order valence-electron chi connectivity index (χ2n) is 5.06. The van der Waals surface area contributed by atoms with Crippen molar-refractivity contribution in [3.05, 3.63) is 70.9 Å². The van der Waals surface area contributed by atoms with Gasteiger partial charge in [0, 0.05) is 22.0 Å². The molecule has 1 heterocycles. The van der Waals surface area contributed by atoms with E-state index in [4.69, 9.17) is 5.26 Å². The van der Waals surface area contributed by atoms with Crippen molar-refractivity contribution in [3.63, 3.8) is 0 Å². The molecule has 0 atom stereocenters. The van der Waals surface area contributed by atoms with E-state index in [0.29, 0.717) is 11.3 Å². The summed E-state index contributed by atoms with van der Waals surface area (Å²) in [6, 6.07) is 17.2. The molecule has 3 nitrogen and oxygen atoms in total. The van der Waals surface area contributed by atoms with Crippen molar-refractivity contribution < 1.29 is 4.79 Å². The summed E-state index contributed by atoms with van der Waals surface area (Å²) in [4.78, 5) is 15.8. The number of nitrogens with zero attached hydrogens (tertiary/aromatic N) is 1.